The summed E-state index contributed by atoms with van der Waals surface area (Å²) in [6, 6.07) is 6.26. The molecule has 0 aliphatic carbocycles. The molecule has 0 amide bonds. The van der Waals surface area contributed by atoms with Gasteiger partial charge in [-0.25, -0.2) is 0 Å². The number of hydrogen-bond acceptors (Lipinski definition) is 2. The van der Waals surface area contributed by atoms with Crippen LogP contribution in [0.2, 0.25) is 0 Å². The maximum Gasteiger partial charge on any atom is 0.147 e. The highest BCUT2D eigenvalue weighted by molar-refractivity contribution is 5.40. The van der Waals surface area contributed by atoms with Gasteiger partial charge in [-0.3, -0.25) is 0 Å². The van der Waals surface area contributed by atoms with Crippen LogP contribution < -0.4 is 10.7 Å². The van der Waals surface area contributed by atoms with Gasteiger partial charge in [0, 0.05) is 0 Å². The fourth-order valence-electron chi connectivity index (χ4n) is 1.53. The van der Waals surface area contributed by atoms with E-state index in [4.69, 9.17) is 10.7 Å². The average Bonchev–Trinajstić information content (AvgIpc) is 2.14. The first-order valence-corrected chi connectivity index (χ1v) is 5.67. The van der Waals surface area contributed by atoms with Crippen LogP contribution in [0.4, 0.5) is 0 Å². The van der Waals surface area contributed by atoms with E-state index in [-0.39, 0.29) is 10.8 Å². The molecule has 2 nitrogen and oxygen atoms in total. The lowest BCUT2D eigenvalue weighted by molar-refractivity contribution is 0.332. The molecule has 0 heterocycles. The molecule has 90 valence electrons. The zero-order valence-corrected chi connectivity index (χ0v) is 11.2. The van der Waals surface area contributed by atoms with Crippen molar-refractivity contribution in [3.63, 3.8) is 0 Å². The SMILES string of the molecule is CC(C)(C)c1cc(ON)cc(C(C)(C)C)c1. The number of rotatable bonds is 1. The van der Waals surface area contributed by atoms with E-state index in [0.29, 0.717) is 0 Å². The quantitative estimate of drug-likeness (QED) is 0.736. The summed E-state index contributed by atoms with van der Waals surface area (Å²) in [6.45, 7) is 13.1. The summed E-state index contributed by atoms with van der Waals surface area (Å²) >= 11 is 0. The summed E-state index contributed by atoms with van der Waals surface area (Å²) in [4.78, 5) is 4.89. The van der Waals surface area contributed by atoms with Gasteiger partial charge in [0.1, 0.15) is 5.75 Å². The van der Waals surface area contributed by atoms with Crippen LogP contribution in [-0.4, -0.2) is 0 Å². The van der Waals surface area contributed by atoms with Crippen molar-refractivity contribution in [1.29, 1.82) is 0 Å². The highest BCUT2D eigenvalue weighted by Crippen LogP contribution is 2.32. The van der Waals surface area contributed by atoms with Crippen molar-refractivity contribution in [2.24, 2.45) is 5.90 Å². The Morgan fingerprint density at radius 2 is 1.19 bits per heavy atom. The smallest absolute Gasteiger partial charge is 0.147 e. The lowest BCUT2D eigenvalue weighted by Crippen LogP contribution is -2.17. The molecule has 0 bridgehead atoms. The van der Waals surface area contributed by atoms with Crippen LogP contribution in [0.5, 0.6) is 5.75 Å². The Morgan fingerprint density at radius 1 is 0.812 bits per heavy atom. The summed E-state index contributed by atoms with van der Waals surface area (Å²) < 4.78 is 0. The third kappa shape index (κ3) is 2.99. The van der Waals surface area contributed by atoms with Crippen molar-refractivity contribution in [3.05, 3.63) is 29.3 Å². The predicted octanol–water partition coefficient (Wildman–Crippen LogP) is 3.53. The van der Waals surface area contributed by atoms with E-state index in [1.54, 1.807) is 0 Å². The van der Waals surface area contributed by atoms with Gasteiger partial charge in [-0.1, -0.05) is 47.6 Å². The normalized spacial score (nSPS) is 12.7. The highest BCUT2D eigenvalue weighted by Gasteiger charge is 2.20. The lowest BCUT2D eigenvalue weighted by Gasteiger charge is -2.25. The minimum absolute atomic E-state index is 0.106. The van der Waals surface area contributed by atoms with Crippen LogP contribution in [0.3, 0.4) is 0 Å². The predicted molar refractivity (Wildman–Crippen MR) is 68.7 cm³/mol. The van der Waals surface area contributed by atoms with Crippen molar-refractivity contribution in [3.8, 4) is 5.75 Å². The van der Waals surface area contributed by atoms with Gasteiger partial charge in [-0.2, -0.15) is 5.90 Å². The third-order valence-corrected chi connectivity index (χ3v) is 2.77. The first-order chi connectivity index (χ1) is 7.14. The van der Waals surface area contributed by atoms with Crippen molar-refractivity contribution >= 4 is 0 Å². The molecule has 0 fully saturated rings. The molecule has 0 unspecified atom stereocenters. The summed E-state index contributed by atoms with van der Waals surface area (Å²) in [5.41, 5.74) is 2.71. The molecule has 0 radical (unpaired) electrons. The molecule has 0 aromatic heterocycles. The number of benzene rings is 1. The Morgan fingerprint density at radius 3 is 1.44 bits per heavy atom. The molecule has 16 heavy (non-hydrogen) atoms. The van der Waals surface area contributed by atoms with Gasteiger partial charge < -0.3 is 4.84 Å². The minimum Gasteiger partial charge on any atom is -0.412 e. The van der Waals surface area contributed by atoms with E-state index in [2.05, 4.69) is 47.6 Å². The summed E-state index contributed by atoms with van der Waals surface area (Å²) in [5.74, 6) is 6.01. The minimum atomic E-state index is 0.106. The van der Waals surface area contributed by atoms with Crippen LogP contribution in [0.1, 0.15) is 52.7 Å². The Labute approximate surface area is 98.8 Å². The van der Waals surface area contributed by atoms with E-state index in [0.717, 1.165) is 5.75 Å². The molecule has 1 rings (SSSR count). The molecule has 0 saturated carbocycles. The van der Waals surface area contributed by atoms with Crippen molar-refractivity contribution in [1.82, 2.24) is 0 Å². The van der Waals surface area contributed by atoms with E-state index >= 15 is 0 Å². The molecular formula is C14H23NO. The molecule has 0 atom stereocenters. The van der Waals surface area contributed by atoms with E-state index in [1.165, 1.54) is 11.1 Å². The first kappa shape index (κ1) is 13.0. The maximum absolute atomic E-state index is 5.27. The van der Waals surface area contributed by atoms with Gasteiger partial charge >= 0.3 is 0 Å². The zero-order chi connectivity index (χ0) is 12.6. The van der Waals surface area contributed by atoms with Gasteiger partial charge in [-0.05, 0) is 34.1 Å². The molecule has 1 aromatic rings. The molecular weight excluding hydrogens is 198 g/mol. The van der Waals surface area contributed by atoms with Gasteiger partial charge in [0.15, 0.2) is 0 Å². The van der Waals surface area contributed by atoms with E-state index < -0.39 is 0 Å². The van der Waals surface area contributed by atoms with Crippen molar-refractivity contribution in [2.75, 3.05) is 0 Å². The van der Waals surface area contributed by atoms with Gasteiger partial charge in [0.25, 0.3) is 0 Å². The number of nitrogens with two attached hydrogens (primary N) is 1. The molecule has 2 N–H and O–H groups in total. The molecule has 0 aliphatic rings. The van der Waals surface area contributed by atoms with Gasteiger partial charge in [0.2, 0.25) is 0 Å². The monoisotopic (exact) mass is 221 g/mol. The first-order valence-electron chi connectivity index (χ1n) is 5.67. The fraction of sp³-hybridized carbons (Fsp3) is 0.571. The highest BCUT2D eigenvalue weighted by atomic mass is 16.6. The molecule has 0 saturated heterocycles. The Balaban J connectivity index is 3.33. The van der Waals surface area contributed by atoms with Crippen LogP contribution >= 0.6 is 0 Å². The van der Waals surface area contributed by atoms with Crippen molar-refractivity contribution in [2.45, 2.75) is 52.4 Å². The molecule has 0 spiro atoms. The molecule has 1 aromatic carbocycles. The summed E-state index contributed by atoms with van der Waals surface area (Å²) in [6.07, 6.45) is 0. The average molecular weight is 221 g/mol. The summed E-state index contributed by atoms with van der Waals surface area (Å²) in [5, 5.41) is 0. The lowest BCUT2D eigenvalue weighted by atomic mass is 9.80. The van der Waals surface area contributed by atoms with Crippen molar-refractivity contribution < 1.29 is 4.84 Å². The van der Waals surface area contributed by atoms with Crippen LogP contribution in [0, 0.1) is 0 Å². The Bertz CT molecular complexity index is 337. The summed E-state index contributed by atoms with van der Waals surface area (Å²) in [7, 11) is 0. The second kappa shape index (κ2) is 4.10. The standard InChI is InChI=1S/C14H23NO/c1-13(2,3)10-7-11(14(4,5)6)9-12(8-10)16-15/h7-9H,15H2,1-6H3. The van der Waals surface area contributed by atoms with Crippen LogP contribution in [-0.2, 0) is 10.8 Å². The molecule has 0 aliphatic heterocycles. The zero-order valence-electron chi connectivity index (χ0n) is 11.2. The van der Waals surface area contributed by atoms with Gasteiger partial charge in [0.05, 0.1) is 0 Å². The molecule has 2 heteroatoms. The Kier molecular flexibility index (Phi) is 3.34. The maximum atomic E-state index is 5.27. The topological polar surface area (TPSA) is 35.2 Å². The largest absolute Gasteiger partial charge is 0.412 e. The van der Waals surface area contributed by atoms with Gasteiger partial charge in [-0.15, -0.1) is 0 Å². The van der Waals surface area contributed by atoms with Crippen LogP contribution in [0.15, 0.2) is 18.2 Å². The third-order valence-electron chi connectivity index (χ3n) is 2.77. The van der Waals surface area contributed by atoms with E-state index in [9.17, 15) is 0 Å². The second-order valence-corrected chi connectivity index (χ2v) is 6.36. The van der Waals surface area contributed by atoms with E-state index in [1.807, 2.05) is 12.1 Å². The second-order valence-electron chi connectivity index (χ2n) is 6.36. The fourth-order valence-corrected chi connectivity index (χ4v) is 1.53. The Hall–Kier alpha value is -1.02. The number of hydrogen-bond donors (Lipinski definition) is 1. The van der Waals surface area contributed by atoms with Crippen LogP contribution in [0.25, 0.3) is 0 Å².